The van der Waals surface area contributed by atoms with E-state index in [0.717, 1.165) is 22.4 Å². The van der Waals surface area contributed by atoms with Crippen LogP contribution in [-0.4, -0.2) is 68.5 Å². The van der Waals surface area contributed by atoms with Crippen molar-refractivity contribution in [1.29, 1.82) is 0 Å². The normalized spacial score (nSPS) is 26.6. The number of nitrogens with zero attached hydrogens (tertiary/aromatic N) is 1. The van der Waals surface area contributed by atoms with Crippen molar-refractivity contribution in [2.24, 2.45) is 17.6 Å². The third kappa shape index (κ3) is 4.20. The number of phenolic OH excluding ortho intramolecular Hbond substituents is 1. The van der Waals surface area contributed by atoms with Crippen molar-refractivity contribution in [2.45, 2.75) is 37.8 Å². The van der Waals surface area contributed by atoms with E-state index in [2.05, 4.69) is 11.4 Å². The first-order valence-corrected chi connectivity index (χ1v) is 14.1. The number of rotatable bonds is 5. The quantitative estimate of drug-likeness (QED) is 0.228. The number of anilines is 1. The summed E-state index contributed by atoms with van der Waals surface area (Å²) in [6.07, 6.45) is 4.94. The molecule has 10 heteroatoms. The second-order valence-corrected chi connectivity index (χ2v) is 12.0. The van der Waals surface area contributed by atoms with Crippen LogP contribution in [-0.2, 0) is 20.8 Å². The first kappa shape index (κ1) is 28.4. The van der Waals surface area contributed by atoms with E-state index in [4.69, 9.17) is 5.73 Å². The maximum absolute atomic E-state index is 14.0. The maximum atomic E-state index is 14.0. The monoisotopic (exact) mass is 583 g/mol. The van der Waals surface area contributed by atoms with E-state index in [9.17, 15) is 34.8 Å². The summed E-state index contributed by atoms with van der Waals surface area (Å²) < 4.78 is 0. The van der Waals surface area contributed by atoms with E-state index >= 15 is 0 Å². The number of hydrogen-bond acceptors (Lipinski definition) is 9. The number of aliphatic hydroxyl groups excluding tert-OH is 2. The second-order valence-electron chi connectivity index (χ2n) is 12.0. The van der Waals surface area contributed by atoms with Crippen LogP contribution in [0.3, 0.4) is 0 Å². The van der Waals surface area contributed by atoms with Gasteiger partial charge in [-0.25, -0.2) is 0 Å². The number of nitrogens with two attached hydrogens (primary N) is 1. The van der Waals surface area contributed by atoms with Gasteiger partial charge in [0.05, 0.1) is 17.3 Å². The fourth-order valence-electron chi connectivity index (χ4n) is 7.05. The molecule has 222 valence electrons. The van der Waals surface area contributed by atoms with Crippen LogP contribution in [0.15, 0.2) is 71.2 Å². The molecule has 0 aliphatic heterocycles. The molecular formula is C33H33N3O7. The Labute approximate surface area is 248 Å². The van der Waals surface area contributed by atoms with Crippen molar-refractivity contribution in [3.05, 3.63) is 93.4 Å². The Kier molecular flexibility index (Phi) is 6.59. The number of aryl methyl sites for hydroxylation is 1. The summed E-state index contributed by atoms with van der Waals surface area (Å²) in [5, 5.41) is 48.7. The number of carbonyl (C=O) groups is 3. The summed E-state index contributed by atoms with van der Waals surface area (Å²) in [5.74, 6) is -6.68. The summed E-state index contributed by atoms with van der Waals surface area (Å²) in [5.41, 5.74) is 6.76. The summed E-state index contributed by atoms with van der Waals surface area (Å²) in [7, 11) is 3.14. The van der Waals surface area contributed by atoms with Crippen LogP contribution in [0.1, 0.15) is 35.1 Å². The Bertz CT molecular complexity index is 1730. The van der Waals surface area contributed by atoms with Gasteiger partial charge < -0.3 is 31.5 Å². The largest absolute Gasteiger partial charge is 0.508 e. The van der Waals surface area contributed by atoms with Gasteiger partial charge in [-0.2, -0.15) is 0 Å². The first-order valence-electron chi connectivity index (χ1n) is 14.1. The minimum absolute atomic E-state index is 0.0478. The molecule has 7 N–H and O–H groups in total. The molecule has 4 atom stereocenters. The number of nitrogens with one attached hydrogen (secondary N) is 1. The molecule has 1 amide bonds. The van der Waals surface area contributed by atoms with Gasteiger partial charge in [-0.05, 0) is 68.6 Å². The predicted molar refractivity (Wildman–Crippen MR) is 160 cm³/mol. The predicted octanol–water partition coefficient (Wildman–Crippen LogP) is 3.06. The Morgan fingerprint density at radius 3 is 2.42 bits per heavy atom. The fourth-order valence-corrected chi connectivity index (χ4v) is 7.05. The number of ketones is 2. The van der Waals surface area contributed by atoms with Gasteiger partial charge in [-0.3, -0.25) is 19.3 Å². The number of allylic oxidation sites excluding steroid dienone is 3. The van der Waals surface area contributed by atoms with Crippen molar-refractivity contribution in [3.8, 4) is 5.75 Å². The van der Waals surface area contributed by atoms with Crippen molar-refractivity contribution in [1.82, 2.24) is 4.90 Å². The number of hydrogen-bond donors (Lipinski definition) is 6. The molecule has 0 heterocycles. The van der Waals surface area contributed by atoms with Crippen molar-refractivity contribution in [2.75, 3.05) is 19.4 Å². The minimum atomic E-state index is -2.66. The number of likely N-dealkylation sites (N-methyl/N-ethyl adjacent to an activating group) is 1. The third-order valence-corrected chi connectivity index (χ3v) is 9.15. The number of carbonyl (C=O) groups excluding carboxylic acids is 3. The number of aromatic hydroxyl groups is 1. The van der Waals surface area contributed by atoms with Crippen LogP contribution in [0.2, 0.25) is 0 Å². The molecule has 0 saturated heterocycles. The zero-order valence-corrected chi connectivity index (χ0v) is 24.0. The fraction of sp³-hybridized carbons (Fsp3) is 0.303. The summed E-state index contributed by atoms with van der Waals surface area (Å²) in [6.45, 7) is 2.02. The van der Waals surface area contributed by atoms with Gasteiger partial charge in [0.1, 0.15) is 22.8 Å². The SMILES string of the molecule is Cc1ccc(C2=CCC(Nc3ccc4c(c3O)C(O)=C3C(=O)[C@]5(O)C(O)=C(C(N)=O)C(=O)[C@@H](N(C)C)[C@@H]5C[C@@H]3C4)=C2)cc1. The molecule has 2 aromatic rings. The van der Waals surface area contributed by atoms with Crippen LogP contribution >= 0.6 is 0 Å². The molecular weight excluding hydrogens is 550 g/mol. The number of primary amides is 1. The lowest BCUT2D eigenvalue weighted by Crippen LogP contribution is -2.65. The highest BCUT2D eigenvalue weighted by Crippen LogP contribution is 2.53. The Balaban J connectivity index is 1.38. The van der Waals surface area contributed by atoms with Crippen LogP contribution in [0.25, 0.3) is 11.3 Å². The molecule has 1 saturated carbocycles. The van der Waals surface area contributed by atoms with E-state index in [-0.39, 0.29) is 29.7 Å². The van der Waals surface area contributed by atoms with Crippen molar-refractivity contribution >= 4 is 34.5 Å². The molecule has 43 heavy (non-hydrogen) atoms. The van der Waals surface area contributed by atoms with E-state index in [1.807, 2.05) is 37.3 Å². The molecule has 0 bridgehead atoms. The lowest BCUT2D eigenvalue weighted by atomic mass is 9.57. The maximum Gasteiger partial charge on any atom is 0.255 e. The molecule has 4 aliphatic rings. The Hall–Kier alpha value is -4.67. The average Bonchev–Trinajstić information content (AvgIpc) is 3.41. The number of Topliss-reactive ketones (excluding diaryl/α,β-unsaturated/α-hetero) is 2. The van der Waals surface area contributed by atoms with Crippen molar-refractivity contribution in [3.63, 3.8) is 0 Å². The molecule has 0 radical (unpaired) electrons. The highest BCUT2D eigenvalue weighted by Gasteiger charge is 2.64. The zero-order valence-electron chi connectivity index (χ0n) is 24.0. The molecule has 1 fully saturated rings. The number of amides is 1. The van der Waals surface area contributed by atoms with E-state index in [1.54, 1.807) is 26.2 Å². The zero-order chi connectivity index (χ0) is 31.0. The van der Waals surface area contributed by atoms with E-state index in [1.165, 1.54) is 4.90 Å². The van der Waals surface area contributed by atoms with Crippen LogP contribution in [0.5, 0.6) is 5.75 Å². The molecule has 0 aromatic heterocycles. The summed E-state index contributed by atoms with van der Waals surface area (Å²) in [4.78, 5) is 40.8. The molecule has 10 nitrogen and oxygen atoms in total. The highest BCUT2D eigenvalue weighted by atomic mass is 16.3. The lowest BCUT2D eigenvalue weighted by Gasteiger charge is -2.50. The molecule has 0 spiro atoms. The molecule has 4 aliphatic carbocycles. The molecule has 0 unspecified atom stereocenters. The topological polar surface area (TPSA) is 173 Å². The number of phenols is 1. The third-order valence-electron chi connectivity index (χ3n) is 9.15. The molecule has 6 rings (SSSR count). The first-order chi connectivity index (χ1) is 20.3. The van der Waals surface area contributed by atoms with Gasteiger partial charge in [0.25, 0.3) is 5.91 Å². The Morgan fingerprint density at radius 2 is 1.77 bits per heavy atom. The van der Waals surface area contributed by atoms with Gasteiger partial charge in [-0.1, -0.05) is 42.0 Å². The lowest BCUT2D eigenvalue weighted by molar-refractivity contribution is -0.153. The van der Waals surface area contributed by atoms with Crippen LogP contribution < -0.4 is 11.1 Å². The Morgan fingerprint density at radius 1 is 1.07 bits per heavy atom. The number of aliphatic hydroxyl groups is 3. The second kappa shape index (κ2) is 9.96. The van der Waals surface area contributed by atoms with E-state index in [0.29, 0.717) is 17.7 Å². The van der Waals surface area contributed by atoms with E-state index < -0.39 is 58.0 Å². The standard InChI is InChI=1S/C33H33N3O7/c1-15-4-6-16(7-5-15)17-8-10-20(13-17)35-22-11-9-18-12-19-14-21-26(36(2)3)29(39)25(32(34)42)31(41)33(21,43)30(40)24(19)28(38)23(18)27(22)37/h4-9,11,13,19,21,26,35,37-38,41,43H,10,12,14H2,1-3H3,(H2,34,42)/t19-,21-,26-,33-/m0/s1. The average molecular weight is 584 g/mol. The number of fused-ring (bicyclic) bond motifs is 3. The summed E-state index contributed by atoms with van der Waals surface area (Å²) in [6, 6.07) is 10.5. The summed E-state index contributed by atoms with van der Waals surface area (Å²) >= 11 is 0. The van der Waals surface area contributed by atoms with Crippen LogP contribution in [0, 0.1) is 18.8 Å². The van der Waals surface area contributed by atoms with Crippen molar-refractivity contribution < 1.29 is 34.8 Å². The van der Waals surface area contributed by atoms with Gasteiger partial charge in [-0.15, -0.1) is 0 Å². The number of benzene rings is 2. The molecule has 2 aromatic carbocycles. The minimum Gasteiger partial charge on any atom is -0.508 e. The van der Waals surface area contributed by atoms with Crippen LogP contribution in [0.4, 0.5) is 5.69 Å². The van der Waals surface area contributed by atoms with Gasteiger partial charge in [0.2, 0.25) is 5.78 Å². The van der Waals surface area contributed by atoms with Gasteiger partial charge in [0, 0.05) is 23.6 Å². The van der Waals surface area contributed by atoms with Gasteiger partial charge >= 0.3 is 0 Å². The van der Waals surface area contributed by atoms with Gasteiger partial charge in [0.15, 0.2) is 11.4 Å². The smallest absolute Gasteiger partial charge is 0.255 e. The highest BCUT2D eigenvalue weighted by molar-refractivity contribution is 6.24.